The number of methoxy groups -OCH3 is 2. The van der Waals surface area contributed by atoms with Crippen LogP contribution in [0.25, 0.3) is 21.2 Å². The van der Waals surface area contributed by atoms with E-state index in [-0.39, 0.29) is 17.7 Å². The van der Waals surface area contributed by atoms with Crippen LogP contribution in [-0.4, -0.2) is 66.0 Å². The first-order chi connectivity index (χ1) is 17.0. The van der Waals surface area contributed by atoms with Crippen molar-refractivity contribution in [2.75, 3.05) is 33.9 Å². The highest BCUT2D eigenvalue weighted by Crippen LogP contribution is 2.38. The van der Waals surface area contributed by atoms with Crippen LogP contribution in [0.15, 0.2) is 35.3 Å². The monoisotopic (exact) mass is 513 g/mol. The van der Waals surface area contributed by atoms with Gasteiger partial charge >= 0.3 is 6.09 Å². The highest BCUT2D eigenvalue weighted by atomic mass is 32.1. The number of hydrogen-bond acceptors (Lipinski definition) is 7. The van der Waals surface area contributed by atoms with E-state index in [2.05, 4.69) is 11.8 Å². The lowest BCUT2D eigenvalue weighted by atomic mass is 10.1. The zero-order valence-electron chi connectivity index (χ0n) is 22.1. The quantitative estimate of drug-likeness (QED) is 0.491. The van der Waals surface area contributed by atoms with Crippen molar-refractivity contribution in [3.63, 3.8) is 0 Å². The summed E-state index contributed by atoms with van der Waals surface area (Å²) in [4.78, 5) is 30.7. The maximum Gasteiger partial charge on any atom is 0.410 e. The van der Waals surface area contributed by atoms with Gasteiger partial charge in [-0.15, -0.1) is 11.3 Å². The van der Waals surface area contributed by atoms with Crippen LogP contribution in [-0.2, 0) is 18.3 Å². The zero-order chi connectivity index (χ0) is 26.2. The Bertz CT molecular complexity index is 1320. The summed E-state index contributed by atoms with van der Waals surface area (Å²) < 4.78 is 19.0. The largest absolute Gasteiger partial charge is 0.493 e. The molecule has 36 heavy (non-hydrogen) atoms. The molecule has 3 heterocycles. The van der Waals surface area contributed by atoms with Gasteiger partial charge < -0.3 is 23.7 Å². The molecule has 194 valence electrons. The summed E-state index contributed by atoms with van der Waals surface area (Å²) in [7, 11) is 5.01. The number of nitrogens with zero attached hydrogens (tertiary/aromatic N) is 3. The molecule has 1 aromatic carbocycles. The second-order valence-corrected chi connectivity index (χ2v) is 11.4. The summed E-state index contributed by atoms with van der Waals surface area (Å²) in [6, 6.07) is 7.99. The van der Waals surface area contributed by atoms with Crippen molar-refractivity contribution in [2.24, 2.45) is 7.05 Å². The van der Waals surface area contributed by atoms with E-state index in [1.807, 2.05) is 51.2 Å². The van der Waals surface area contributed by atoms with E-state index < -0.39 is 5.60 Å². The molecule has 0 aliphatic carbocycles. The number of pyridine rings is 1. The van der Waals surface area contributed by atoms with Crippen molar-refractivity contribution < 1.29 is 19.0 Å². The van der Waals surface area contributed by atoms with Gasteiger partial charge in [0.1, 0.15) is 5.60 Å². The van der Waals surface area contributed by atoms with Crippen molar-refractivity contribution in [3.05, 3.63) is 45.7 Å². The molecule has 8 nitrogen and oxygen atoms in total. The van der Waals surface area contributed by atoms with Crippen molar-refractivity contribution in [2.45, 2.75) is 45.9 Å². The van der Waals surface area contributed by atoms with Gasteiger partial charge in [0.25, 0.3) is 5.56 Å². The summed E-state index contributed by atoms with van der Waals surface area (Å²) in [6.45, 7) is 10.5. The number of ether oxygens (including phenoxy) is 3. The Balaban J connectivity index is 1.60. The number of aromatic nitrogens is 1. The lowest BCUT2D eigenvalue weighted by molar-refractivity contribution is 0.00475. The molecule has 1 amide bonds. The number of piperazine rings is 1. The number of rotatable bonds is 5. The fourth-order valence-corrected chi connectivity index (χ4v) is 5.72. The molecule has 1 atom stereocenters. The average Bonchev–Trinajstić information content (AvgIpc) is 3.25. The Morgan fingerprint density at radius 3 is 2.47 bits per heavy atom. The van der Waals surface area contributed by atoms with E-state index in [0.717, 1.165) is 33.8 Å². The minimum atomic E-state index is -0.508. The molecule has 1 fully saturated rings. The zero-order valence-corrected chi connectivity index (χ0v) is 22.9. The van der Waals surface area contributed by atoms with E-state index in [0.29, 0.717) is 30.0 Å². The molecule has 1 unspecified atom stereocenters. The van der Waals surface area contributed by atoms with Crippen LogP contribution in [0, 0.1) is 0 Å². The molecular formula is C27H35N3O5S. The number of carbonyl (C=O) groups excluding carboxylic acids is 1. The van der Waals surface area contributed by atoms with Crippen LogP contribution >= 0.6 is 11.3 Å². The summed E-state index contributed by atoms with van der Waals surface area (Å²) in [5.74, 6) is 1.30. The molecule has 4 rings (SSSR count). The first-order valence-corrected chi connectivity index (χ1v) is 12.9. The fraction of sp³-hybridized carbons (Fsp3) is 0.481. The second kappa shape index (κ2) is 10.1. The summed E-state index contributed by atoms with van der Waals surface area (Å²) in [5, 5.41) is 0.713. The standard InChI is InChI=1S/C27H35N3O5S/c1-17-14-30(26(32)35-27(2,3)4)11-10-29(17)15-19-13-20-24(36-19)21(16-28(5)25(20)31)18-8-9-22(33-6)23(12-18)34-7/h8-9,12-13,16-17H,10-11,14-15H2,1-7H3. The maximum atomic E-state index is 13.0. The normalized spacial score (nSPS) is 16.9. The Morgan fingerprint density at radius 2 is 1.83 bits per heavy atom. The van der Waals surface area contributed by atoms with E-state index >= 15 is 0 Å². The van der Waals surface area contributed by atoms with Crippen LogP contribution in [0.1, 0.15) is 32.6 Å². The maximum absolute atomic E-state index is 13.0. The first-order valence-electron chi connectivity index (χ1n) is 12.1. The van der Waals surface area contributed by atoms with Gasteiger partial charge in [0.2, 0.25) is 0 Å². The Labute approximate surface area is 216 Å². The van der Waals surface area contributed by atoms with Gasteiger partial charge in [-0.2, -0.15) is 0 Å². The molecule has 3 aromatic rings. The minimum absolute atomic E-state index is 0.0143. The predicted octanol–water partition coefficient (Wildman–Crippen LogP) is 4.73. The molecule has 0 radical (unpaired) electrons. The van der Waals surface area contributed by atoms with Crippen molar-refractivity contribution in [1.82, 2.24) is 14.4 Å². The third-order valence-corrected chi connectivity index (χ3v) is 7.52. The number of thiophene rings is 1. The topological polar surface area (TPSA) is 73.2 Å². The van der Waals surface area contributed by atoms with Gasteiger partial charge in [-0.1, -0.05) is 6.07 Å². The lowest BCUT2D eigenvalue weighted by Gasteiger charge is -2.40. The smallest absolute Gasteiger partial charge is 0.410 e. The van der Waals surface area contributed by atoms with Crippen LogP contribution in [0.2, 0.25) is 0 Å². The number of amides is 1. The van der Waals surface area contributed by atoms with Gasteiger partial charge in [-0.05, 0) is 51.5 Å². The molecule has 1 saturated heterocycles. The molecule has 0 N–H and O–H groups in total. The molecule has 0 bridgehead atoms. The number of benzene rings is 1. The van der Waals surface area contributed by atoms with Crippen LogP contribution in [0.3, 0.4) is 0 Å². The Morgan fingerprint density at radius 1 is 1.11 bits per heavy atom. The van der Waals surface area contributed by atoms with Crippen molar-refractivity contribution in [3.8, 4) is 22.6 Å². The van der Waals surface area contributed by atoms with Crippen molar-refractivity contribution >= 4 is 27.5 Å². The van der Waals surface area contributed by atoms with Crippen LogP contribution in [0.5, 0.6) is 11.5 Å². The van der Waals surface area contributed by atoms with E-state index in [1.54, 1.807) is 42.1 Å². The fourth-order valence-electron chi connectivity index (χ4n) is 4.51. The summed E-state index contributed by atoms with van der Waals surface area (Å²) >= 11 is 1.64. The second-order valence-electron chi connectivity index (χ2n) is 10.2. The first kappa shape index (κ1) is 26.0. The number of fused-ring (bicyclic) bond motifs is 1. The van der Waals surface area contributed by atoms with E-state index in [4.69, 9.17) is 14.2 Å². The van der Waals surface area contributed by atoms with Gasteiger partial charge in [-0.3, -0.25) is 9.69 Å². The van der Waals surface area contributed by atoms with E-state index in [1.165, 1.54) is 0 Å². The van der Waals surface area contributed by atoms with Crippen LogP contribution < -0.4 is 15.0 Å². The lowest BCUT2D eigenvalue weighted by Crippen LogP contribution is -2.53. The third-order valence-electron chi connectivity index (χ3n) is 6.37. The number of aryl methyl sites for hydroxylation is 1. The molecule has 0 spiro atoms. The average molecular weight is 514 g/mol. The summed E-state index contributed by atoms with van der Waals surface area (Å²) in [6.07, 6.45) is 1.62. The summed E-state index contributed by atoms with van der Waals surface area (Å²) in [5.41, 5.74) is 1.42. The third kappa shape index (κ3) is 5.37. The molecule has 1 aliphatic heterocycles. The number of carbonyl (C=O) groups is 1. The SMILES string of the molecule is COc1ccc(-c2cn(C)c(=O)c3cc(CN4CCN(C(=O)OC(C)(C)C)CC4C)sc23)cc1OC. The van der Waals surface area contributed by atoms with Gasteiger partial charge in [0.05, 0.1) is 19.6 Å². The highest BCUT2D eigenvalue weighted by Gasteiger charge is 2.30. The Kier molecular flexibility index (Phi) is 7.33. The molecular weight excluding hydrogens is 478 g/mol. The minimum Gasteiger partial charge on any atom is -0.493 e. The predicted molar refractivity (Wildman–Crippen MR) is 143 cm³/mol. The van der Waals surface area contributed by atoms with Gasteiger partial charge in [0, 0.05) is 60.6 Å². The number of hydrogen-bond donors (Lipinski definition) is 0. The van der Waals surface area contributed by atoms with Gasteiger partial charge in [-0.25, -0.2) is 4.79 Å². The molecule has 9 heteroatoms. The molecule has 2 aromatic heterocycles. The molecule has 0 saturated carbocycles. The Hall–Kier alpha value is -3.04. The van der Waals surface area contributed by atoms with Crippen LogP contribution in [0.4, 0.5) is 4.79 Å². The van der Waals surface area contributed by atoms with Gasteiger partial charge in [0.15, 0.2) is 11.5 Å². The van der Waals surface area contributed by atoms with E-state index in [9.17, 15) is 9.59 Å². The molecule has 1 aliphatic rings. The van der Waals surface area contributed by atoms with Crippen molar-refractivity contribution in [1.29, 1.82) is 0 Å². The highest BCUT2D eigenvalue weighted by molar-refractivity contribution is 7.19.